The summed E-state index contributed by atoms with van der Waals surface area (Å²) in [7, 11) is 0. The molecule has 0 aromatic heterocycles. The third-order valence-corrected chi connectivity index (χ3v) is 23.3. The van der Waals surface area contributed by atoms with E-state index >= 15 is 0 Å². The van der Waals surface area contributed by atoms with Gasteiger partial charge in [0.2, 0.25) is 0 Å². The van der Waals surface area contributed by atoms with Crippen LogP contribution < -0.4 is 0 Å². The van der Waals surface area contributed by atoms with Gasteiger partial charge in [-0.1, -0.05) is 72.3 Å². The average Bonchev–Trinajstić information content (AvgIpc) is 1.06. The molecule has 0 aromatic carbocycles. The van der Waals surface area contributed by atoms with Crippen LogP contribution in [-0.2, 0) is 61.8 Å². The Morgan fingerprint density at radius 1 is 0.596 bits per heavy atom. The van der Waals surface area contributed by atoms with Gasteiger partial charge in [0, 0.05) is 11.1 Å². The molecule has 89 heavy (non-hydrogen) atoms. The van der Waals surface area contributed by atoms with Gasteiger partial charge in [0.25, 0.3) is 0 Å². The highest BCUT2D eigenvalue weighted by Gasteiger charge is 2.74. The molecule has 5 aliphatic carbocycles. The van der Waals surface area contributed by atoms with Gasteiger partial charge in [0.05, 0.1) is 43.5 Å². The molecule has 0 aromatic rings. The largest absolute Gasteiger partial charge is 0.479 e. The first kappa shape index (κ1) is 70.2. The molecule has 30 atom stereocenters. The number of carbonyl (C=O) groups excluding carboxylic acids is 2. The summed E-state index contributed by atoms with van der Waals surface area (Å²) in [6.07, 6.45) is -28.7. The van der Waals surface area contributed by atoms with Crippen LogP contribution in [-0.4, -0.2) is 245 Å². The summed E-state index contributed by atoms with van der Waals surface area (Å²) < 4.78 is 61.8. The summed E-state index contributed by atoms with van der Waals surface area (Å²) in [5.41, 5.74) is -3.49. The number of ether oxygens (including phenoxy) is 10. The van der Waals surface area contributed by atoms with Crippen LogP contribution >= 0.6 is 0 Å². The Morgan fingerprint density at radius 3 is 1.73 bits per heavy atom. The number of aliphatic carboxylic acids is 1. The van der Waals surface area contributed by atoms with Crippen molar-refractivity contribution in [1.29, 1.82) is 0 Å². The summed E-state index contributed by atoms with van der Waals surface area (Å²) in [4.78, 5) is 40.2. The van der Waals surface area contributed by atoms with E-state index in [-0.39, 0.29) is 29.4 Å². The van der Waals surface area contributed by atoms with Gasteiger partial charge >= 0.3 is 17.9 Å². The molecule has 0 spiro atoms. The number of rotatable bonds is 16. The number of carboxylic acid groups (broad SMARTS) is 1. The molecule has 506 valence electrons. The van der Waals surface area contributed by atoms with E-state index in [1.807, 2.05) is 27.7 Å². The van der Waals surface area contributed by atoms with Crippen molar-refractivity contribution in [2.24, 2.45) is 50.2 Å². The first-order chi connectivity index (χ1) is 41.6. The predicted octanol–water partition coefficient (Wildman–Crippen LogP) is 0.144. The zero-order chi connectivity index (χ0) is 65.7. The molecule has 26 nitrogen and oxygen atoms in total. The van der Waals surface area contributed by atoms with Crippen molar-refractivity contribution in [2.75, 3.05) is 19.8 Å². The first-order valence-corrected chi connectivity index (χ1v) is 31.4. The number of esters is 2. The highest BCUT2D eigenvalue weighted by Crippen LogP contribution is 2.76. The smallest absolute Gasteiger partial charge is 0.335 e. The average molecular weight is 1270 g/mol. The van der Waals surface area contributed by atoms with Gasteiger partial charge in [-0.3, -0.25) is 0 Å². The predicted molar refractivity (Wildman–Crippen MR) is 307 cm³/mol. The molecule has 4 aliphatic heterocycles. The number of aliphatic hydroxyl groups excluding tert-OH is 12. The van der Waals surface area contributed by atoms with Crippen molar-refractivity contribution in [3.8, 4) is 0 Å². The molecular weight excluding hydrogens is 1170 g/mol. The lowest BCUT2D eigenvalue weighted by atomic mass is 9.33. The van der Waals surface area contributed by atoms with E-state index in [1.165, 1.54) is 13.0 Å². The molecule has 8 fully saturated rings. The SMILES string of the molecule is C/C=C(/C)C(=O)O[C@@H]1[C@H](O)[C@@H](O[C@H]2[C@H](OC(=O)/C(C)=C\C)[C@@]3(CO)C(CC2(C)C)C2=CCC4[C@@]5(C)CC[C@H](O[C@@H]6O[C@H](C(=O)O)[C@@H](O)[C@H](O[C@@H]7O[C@@H](CO)[C@H](O)[C@H]7O)[C@H]6O[C@@H]6O[C@H](CO)[C@H](O)[C@H](O)[C@H]6O)C(C)(C)C5CC[C@@]4(C)[C@]2(C)C[C@H]3O)O[C@H](C)[C@H]1O. The topological polar surface area (TPSA) is 407 Å². The standard InChI is InChI=1S/C63H98O26/c1-13-26(3)52(78)84-45-37(68)28(5)80-56(44(45)75)89-49-50(88-53(79)27(4)14-2)63(25-66)30(21-58(49,6)7)29-15-16-34-60(10)19-18-36(59(8,9)33(60)17-20-61(34,11)62(29,12)22-35(63)67)83-57-48(87-55-42(73)40(71)38(69)31(23-64)81-55)46(43(74)47(86-57)51(76)77)85-54-41(72)39(70)32(24-65)82-54/h13-15,28,30-50,54-57,64-75H,16-25H2,1-12H3,(H,76,77)/b26-13-,27-14-/t28-,30?,31-,32+,33?,34?,35-,36+,37-,38+,39+,40+,41-,42-,43+,44+,45+,46+,47+,48-,49+,50+,54+,55+,56-,57-,60+,61-,62-,63+/m1/s1. The van der Waals surface area contributed by atoms with Crippen LogP contribution in [0.4, 0.5) is 0 Å². The highest BCUT2D eigenvalue weighted by atomic mass is 16.8. The lowest BCUT2D eigenvalue weighted by Crippen LogP contribution is -2.73. The molecular formula is C63H98O26. The molecule has 4 heterocycles. The van der Waals surface area contributed by atoms with Gasteiger partial charge in [0.1, 0.15) is 85.5 Å². The van der Waals surface area contributed by atoms with Crippen LogP contribution in [0.1, 0.15) is 128 Å². The minimum absolute atomic E-state index is 0.0374. The molecule has 13 N–H and O–H groups in total. The number of hydrogen-bond donors (Lipinski definition) is 13. The summed E-state index contributed by atoms with van der Waals surface area (Å²) >= 11 is 0. The summed E-state index contributed by atoms with van der Waals surface area (Å²) in [6, 6.07) is 0. The number of carboxylic acids is 1. The third kappa shape index (κ3) is 11.6. The maximum absolute atomic E-state index is 14.2. The molecule has 4 saturated heterocycles. The van der Waals surface area contributed by atoms with Gasteiger partial charge in [-0.05, 0) is 124 Å². The van der Waals surface area contributed by atoms with Crippen molar-refractivity contribution in [2.45, 2.75) is 269 Å². The van der Waals surface area contributed by atoms with Crippen LogP contribution in [0.25, 0.3) is 0 Å². The molecule has 26 heteroatoms. The van der Waals surface area contributed by atoms with E-state index in [0.717, 1.165) is 5.57 Å². The van der Waals surface area contributed by atoms with Crippen molar-refractivity contribution in [1.82, 2.24) is 0 Å². The minimum Gasteiger partial charge on any atom is -0.479 e. The van der Waals surface area contributed by atoms with Crippen molar-refractivity contribution in [3.05, 3.63) is 34.9 Å². The Bertz CT molecular complexity index is 2660. The number of fused-ring (bicyclic) bond motifs is 7. The van der Waals surface area contributed by atoms with Crippen LogP contribution in [0.5, 0.6) is 0 Å². The van der Waals surface area contributed by atoms with Crippen molar-refractivity contribution < 1.29 is 128 Å². The second-order valence-corrected chi connectivity index (χ2v) is 28.8. The van der Waals surface area contributed by atoms with E-state index in [0.29, 0.717) is 38.5 Å². The van der Waals surface area contributed by atoms with E-state index in [2.05, 4.69) is 26.8 Å². The summed E-state index contributed by atoms with van der Waals surface area (Å²) in [6.45, 7) is 20.4. The lowest BCUT2D eigenvalue weighted by Gasteiger charge is -2.72. The molecule has 0 bridgehead atoms. The quantitative estimate of drug-likeness (QED) is 0.0423. The van der Waals surface area contributed by atoms with E-state index in [4.69, 9.17) is 47.4 Å². The maximum Gasteiger partial charge on any atom is 0.335 e. The van der Waals surface area contributed by atoms with E-state index < -0.39 is 217 Å². The molecule has 0 radical (unpaired) electrons. The molecule has 4 saturated carbocycles. The summed E-state index contributed by atoms with van der Waals surface area (Å²) in [5.74, 6) is -3.88. The zero-order valence-corrected chi connectivity index (χ0v) is 52.9. The number of allylic oxidation sites excluding steroid dienone is 4. The number of hydrogen-bond acceptors (Lipinski definition) is 25. The van der Waals surface area contributed by atoms with Crippen LogP contribution in [0.15, 0.2) is 34.9 Å². The van der Waals surface area contributed by atoms with Crippen molar-refractivity contribution in [3.63, 3.8) is 0 Å². The zero-order valence-electron chi connectivity index (χ0n) is 52.9. The Balaban J connectivity index is 1.03. The fraction of sp³-hybridized carbons (Fsp3) is 0.857. The van der Waals surface area contributed by atoms with Gasteiger partial charge in [-0.2, -0.15) is 0 Å². The normalized spacial score (nSPS) is 49.7. The Labute approximate surface area is 518 Å². The highest BCUT2D eigenvalue weighted by molar-refractivity contribution is 5.88. The second kappa shape index (κ2) is 25.9. The van der Waals surface area contributed by atoms with Crippen LogP contribution in [0.3, 0.4) is 0 Å². The number of aliphatic hydroxyl groups is 12. The van der Waals surface area contributed by atoms with Crippen molar-refractivity contribution >= 4 is 17.9 Å². The number of carbonyl (C=O) groups is 3. The molecule has 3 unspecified atom stereocenters. The molecule has 9 aliphatic rings. The third-order valence-electron chi connectivity index (χ3n) is 23.3. The van der Waals surface area contributed by atoms with Crippen LogP contribution in [0.2, 0.25) is 0 Å². The Kier molecular flexibility index (Phi) is 20.4. The van der Waals surface area contributed by atoms with E-state index in [9.17, 15) is 80.8 Å². The molecule has 0 amide bonds. The minimum atomic E-state index is -2.13. The Hall–Kier alpha value is -3.17. The summed E-state index contributed by atoms with van der Waals surface area (Å²) in [5, 5.41) is 145. The Morgan fingerprint density at radius 2 is 1.16 bits per heavy atom. The fourth-order valence-electron chi connectivity index (χ4n) is 17.6. The lowest BCUT2D eigenvalue weighted by molar-refractivity contribution is -0.386. The second-order valence-electron chi connectivity index (χ2n) is 28.8. The van der Waals surface area contributed by atoms with Gasteiger partial charge < -0.3 is 114 Å². The van der Waals surface area contributed by atoms with E-state index in [1.54, 1.807) is 33.8 Å². The van der Waals surface area contributed by atoms with Gasteiger partial charge in [-0.15, -0.1) is 0 Å². The van der Waals surface area contributed by atoms with Gasteiger partial charge in [0.15, 0.2) is 37.4 Å². The van der Waals surface area contributed by atoms with Gasteiger partial charge in [-0.25, -0.2) is 14.4 Å². The first-order valence-electron chi connectivity index (χ1n) is 31.4. The maximum atomic E-state index is 14.2. The fourth-order valence-corrected chi connectivity index (χ4v) is 17.6. The van der Waals surface area contributed by atoms with Crippen LogP contribution in [0, 0.1) is 50.2 Å². The molecule has 9 rings (SSSR count). The monoisotopic (exact) mass is 1270 g/mol.